The number of allylic oxidation sites excluding steroid dienone is 2. The van der Waals surface area contributed by atoms with Crippen LogP contribution in [0.15, 0.2) is 30.5 Å². The first-order valence-electron chi connectivity index (χ1n) is 4.84. The van der Waals surface area contributed by atoms with Gasteiger partial charge >= 0.3 is 0 Å². The Balaban J connectivity index is 2.53. The average molecular weight is 184 g/mol. The predicted molar refractivity (Wildman–Crippen MR) is 59.9 cm³/mol. The maximum absolute atomic E-state index is 4.34. The molecule has 0 N–H and O–H groups in total. The topological polar surface area (TPSA) is 14.1 Å². The lowest BCUT2D eigenvalue weighted by Gasteiger charge is -2.11. The van der Waals surface area contributed by atoms with Crippen molar-refractivity contribution in [2.24, 2.45) is 0 Å². The third-order valence-electron chi connectivity index (χ3n) is 2.49. The molecule has 0 bridgehead atoms. The largest absolute Gasteiger partial charge is 0.256 e. The molecule has 1 nitrogen and oxygen atoms in total. The minimum absolute atomic E-state index is 1.08. The summed E-state index contributed by atoms with van der Waals surface area (Å²) in [7, 11) is 0. The highest BCUT2D eigenvalue weighted by Crippen LogP contribution is 2.25. The van der Waals surface area contributed by atoms with Crippen molar-refractivity contribution < 1.29 is 0 Å². The van der Waals surface area contributed by atoms with Gasteiger partial charge in [0.15, 0.2) is 0 Å². The zero-order valence-electron chi connectivity index (χ0n) is 8.83. The van der Waals surface area contributed by atoms with E-state index in [0.29, 0.717) is 0 Å². The highest BCUT2D eigenvalue weighted by molar-refractivity contribution is 5.73. The van der Waals surface area contributed by atoms with Crippen molar-refractivity contribution in [1.82, 2.24) is 5.32 Å². The zero-order valence-corrected chi connectivity index (χ0v) is 8.83. The van der Waals surface area contributed by atoms with Crippen LogP contribution in [0.1, 0.15) is 22.3 Å². The van der Waals surface area contributed by atoms with E-state index in [4.69, 9.17) is 0 Å². The molecule has 14 heavy (non-hydrogen) atoms. The molecular weight excluding hydrogens is 170 g/mol. The zero-order chi connectivity index (χ0) is 10.1. The summed E-state index contributed by atoms with van der Waals surface area (Å²) in [5.41, 5.74) is 6.29. The van der Waals surface area contributed by atoms with Crippen molar-refractivity contribution in [3.63, 3.8) is 0 Å². The summed E-state index contributed by atoms with van der Waals surface area (Å²) in [6.07, 6.45) is 5.88. The van der Waals surface area contributed by atoms with Crippen LogP contribution in [-0.2, 0) is 0 Å². The van der Waals surface area contributed by atoms with Gasteiger partial charge in [-0.3, -0.25) is 5.32 Å². The molecule has 71 valence electrons. The Morgan fingerprint density at radius 2 is 1.64 bits per heavy atom. The van der Waals surface area contributed by atoms with Crippen LogP contribution in [0.2, 0.25) is 0 Å². The molecule has 1 aromatic rings. The van der Waals surface area contributed by atoms with Crippen molar-refractivity contribution >= 4 is 5.70 Å². The van der Waals surface area contributed by atoms with Crippen LogP contribution in [0.3, 0.4) is 0 Å². The van der Waals surface area contributed by atoms with E-state index < -0.39 is 0 Å². The minimum Gasteiger partial charge on any atom is -0.256 e. The minimum atomic E-state index is 1.08. The van der Waals surface area contributed by atoms with Crippen molar-refractivity contribution in [2.45, 2.75) is 20.8 Å². The summed E-state index contributed by atoms with van der Waals surface area (Å²) in [6, 6.07) is 4.41. The van der Waals surface area contributed by atoms with Gasteiger partial charge in [0.2, 0.25) is 0 Å². The van der Waals surface area contributed by atoms with Crippen LogP contribution in [0.4, 0.5) is 0 Å². The first-order chi connectivity index (χ1) is 6.68. The fourth-order valence-electron chi connectivity index (χ4n) is 2.03. The second-order valence-electron chi connectivity index (χ2n) is 3.80. The second-order valence-corrected chi connectivity index (χ2v) is 3.80. The first-order valence-corrected chi connectivity index (χ1v) is 4.84. The monoisotopic (exact) mass is 184 g/mol. The van der Waals surface area contributed by atoms with Gasteiger partial charge in [-0.05, 0) is 44.1 Å². The normalized spacial score (nSPS) is 14.1. The molecule has 0 atom stereocenters. The molecule has 1 aliphatic heterocycles. The molecule has 0 fully saturated rings. The van der Waals surface area contributed by atoms with Gasteiger partial charge in [0.25, 0.3) is 0 Å². The third kappa shape index (κ3) is 1.46. The van der Waals surface area contributed by atoms with Gasteiger partial charge in [-0.25, -0.2) is 0 Å². The van der Waals surface area contributed by atoms with E-state index in [-0.39, 0.29) is 0 Å². The van der Waals surface area contributed by atoms with Crippen LogP contribution in [0.25, 0.3) is 5.70 Å². The fraction of sp³-hybridized carbons (Fsp3) is 0.231. The lowest BCUT2D eigenvalue weighted by molar-refractivity contribution is 1.18. The number of nitrogens with zero attached hydrogens (tertiary/aromatic N) is 1. The highest BCUT2D eigenvalue weighted by atomic mass is 14.9. The Morgan fingerprint density at radius 3 is 2.14 bits per heavy atom. The molecule has 0 aliphatic carbocycles. The Morgan fingerprint density at radius 1 is 1.00 bits per heavy atom. The summed E-state index contributed by atoms with van der Waals surface area (Å²) < 4.78 is 0. The number of hydrogen-bond donors (Lipinski definition) is 0. The van der Waals surface area contributed by atoms with Crippen molar-refractivity contribution in [3.8, 4) is 0 Å². The lowest BCUT2D eigenvalue weighted by atomic mass is 9.97. The SMILES string of the molecule is Cc1cc(C)c(C2=CC=C[N]2)c(C)c1. The van der Waals surface area contributed by atoms with E-state index in [1.54, 1.807) is 0 Å². The molecular formula is C13H14N. The van der Waals surface area contributed by atoms with Gasteiger partial charge in [-0.15, -0.1) is 0 Å². The molecule has 0 aromatic heterocycles. The summed E-state index contributed by atoms with van der Waals surface area (Å²) >= 11 is 0. The summed E-state index contributed by atoms with van der Waals surface area (Å²) in [5.74, 6) is 0. The van der Waals surface area contributed by atoms with Crippen molar-refractivity contribution in [3.05, 3.63) is 52.7 Å². The van der Waals surface area contributed by atoms with Gasteiger partial charge in [0, 0.05) is 11.8 Å². The van der Waals surface area contributed by atoms with E-state index in [1.807, 2.05) is 12.3 Å². The van der Waals surface area contributed by atoms with Gasteiger partial charge in [0.05, 0.1) is 5.70 Å². The maximum Gasteiger partial charge on any atom is 0.0707 e. The fourth-order valence-corrected chi connectivity index (χ4v) is 2.03. The third-order valence-corrected chi connectivity index (χ3v) is 2.49. The standard InChI is InChI=1S/C13H14N/c1-9-7-10(2)13(11(3)8-9)12-5-4-6-14-12/h4-8H,1-3H3. The average Bonchev–Trinajstić information content (AvgIpc) is 2.54. The van der Waals surface area contributed by atoms with E-state index in [9.17, 15) is 0 Å². The molecule has 0 unspecified atom stereocenters. The van der Waals surface area contributed by atoms with Gasteiger partial charge in [0.1, 0.15) is 0 Å². The number of benzene rings is 1. The lowest BCUT2D eigenvalue weighted by Crippen LogP contribution is -1.98. The molecule has 0 saturated heterocycles. The number of aryl methyl sites for hydroxylation is 3. The predicted octanol–water partition coefficient (Wildman–Crippen LogP) is 3.08. The van der Waals surface area contributed by atoms with E-state index in [1.165, 1.54) is 22.3 Å². The number of hydrogen-bond acceptors (Lipinski definition) is 0. The van der Waals surface area contributed by atoms with E-state index >= 15 is 0 Å². The molecule has 1 aromatic carbocycles. The Bertz CT molecular complexity index is 402. The van der Waals surface area contributed by atoms with E-state index in [0.717, 1.165) is 5.70 Å². The smallest absolute Gasteiger partial charge is 0.0707 e. The Hall–Kier alpha value is -1.50. The Labute approximate surface area is 85.2 Å². The Kier molecular flexibility index (Phi) is 2.16. The summed E-state index contributed by atoms with van der Waals surface area (Å²) in [6.45, 7) is 6.41. The second kappa shape index (κ2) is 3.33. The molecule has 1 aliphatic rings. The number of rotatable bonds is 1. The van der Waals surface area contributed by atoms with E-state index in [2.05, 4.69) is 44.3 Å². The van der Waals surface area contributed by atoms with Crippen molar-refractivity contribution in [1.29, 1.82) is 0 Å². The molecule has 0 saturated carbocycles. The summed E-state index contributed by atoms with van der Waals surface area (Å²) in [5, 5.41) is 4.34. The van der Waals surface area contributed by atoms with Crippen molar-refractivity contribution in [2.75, 3.05) is 0 Å². The van der Waals surface area contributed by atoms with Crippen LogP contribution in [-0.4, -0.2) is 0 Å². The van der Waals surface area contributed by atoms with Crippen LogP contribution < -0.4 is 5.32 Å². The van der Waals surface area contributed by atoms with Gasteiger partial charge in [-0.2, -0.15) is 0 Å². The van der Waals surface area contributed by atoms with Gasteiger partial charge < -0.3 is 0 Å². The van der Waals surface area contributed by atoms with Crippen LogP contribution in [0, 0.1) is 20.8 Å². The first kappa shape index (κ1) is 9.07. The van der Waals surface area contributed by atoms with Gasteiger partial charge in [-0.1, -0.05) is 17.7 Å². The molecule has 1 heteroatoms. The molecule has 2 rings (SSSR count). The molecule has 1 radical (unpaired) electrons. The quantitative estimate of drug-likeness (QED) is 0.636. The molecule has 0 amide bonds. The maximum atomic E-state index is 4.34. The van der Waals surface area contributed by atoms with Crippen LogP contribution in [0.5, 0.6) is 0 Å². The molecule has 0 spiro atoms. The summed E-state index contributed by atoms with van der Waals surface area (Å²) in [4.78, 5) is 0. The van der Waals surface area contributed by atoms with Crippen LogP contribution >= 0.6 is 0 Å². The highest BCUT2D eigenvalue weighted by Gasteiger charge is 2.10. The molecule has 1 heterocycles.